The second-order valence-corrected chi connectivity index (χ2v) is 5.95. The number of hydrogen-bond donors (Lipinski definition) is 1. The molecule has 2 rings (SSSR count). The summed E-state index contributed by atoms with van der Waals surface area (Å²) in [6.07, 6.45) is 3.96. The molecular formula is C14H21N3O2S. The van der Waals surface area contributed by atoms with Gasteiger partial charge in [-0.1, -0.05) is 20.3 Å². The van der Waals surface area contributed by atoms with Gasteiger partial charge in [-0.25, -0.2) is 4.98 Å². The summed E-state index contributed by atoms with van der Waals surface area (Å²) in [6.45, 7) is 5.54. The molecule has 110 valence electrons. The lowest BCUT2D eigenvalue weighted by molar-refractivity contribution is -0.144. The second-order valence-electron chi connectivity index (χ2n) is 5.10. The van der Waals surface area contributed by atoms with E-state index in [1.54, 1.807) is 4.90 Å². The molecule has 20 heavy (non-hydrogen) atoms. The van der Waals surface area contributed by atoms with Crippen molar-refractivity contribution in [3.8, 4) is 0 Å². The molecule has 0 aromatic carbocycles. The van der Waals surface area contributed by atoms with Crippen LogP contribution in [-0.2, 0) is 16.0 Å². The molecule has 2 amide bonds. The largest absolute Gasteiger partial charge is 0.334 e. The highest BCUT2D eigenvalue weighted by Gasteiger charge is 2.26. The van der Waals surface area contributed by atoms with Gasteiger partial charge in [-0.05, 0) is 25.2 Å². The van der Waals surface area contributed by atoms with Crippen molar-refractivity contribution in [1.82, 2.24) is 9.88 Å². The van der Waals surface area contributed by atoms with Gasteiger partial charge >= 0.3 is 11.8 Å². The number of anilines is 1. The van der Waals surface area contributed by atoms with Gasteiger partial charge in [0.05, 0.1) is 5.69 Å². The molecule has 1 N–H and O–H groups in total. The third-order valence-electron chi connectivity index (χ3n) is 3.81. The molecule has 1 saturated heterocycles. The van der Waals surface area contributed by atoms with Crippen molar-refractivity contribution in [2.24, 2.45) is 5.92 Å². The molecule has 0 aliphatic carbocycles. The van der Waals surface area contributed by atoms with Gasteiger partial charge in [0, 0.05) is 18.5 Å². The van der Waals surface area contributed by atoms with Crippen LogP contribution in [0.3, 0.4) is 0 Å². The minimum atomic E-state index is -0.572. The Labute approximate surface area is 123 Å². The Kier molecular flexibility index (Phi) is 5.11. The second kappa shape index (κ2) is 6.83. The smallest absolute Gasteiger partial charge is 0.315 e. The summed E-state index contributed by atoms with van der Waals surface area (Å²) in [5.41, 5.74) is 0.932. The van der Waals surface area contributed by atoms with Crippen LogP contribution in [0.15, 0.2) is 5.38 Å². The normalized spacial score (nSPS) is 16.2. The Morgan fingerprint density at radius 1 is 1.40 bits per heavy atom. The molecule has 0 radical (unpaired) electrons. The number of aryl methyl sites for hydroxylation is 1. The Morgan fingerprint density at radius 3 is 2.65 bits per heavy atom. The SMILES string of the molecule is CCc1csc(NC(=O)C(=O)N2CCC(CC)CC2)n1. The number of thiazole rings is 1. The Bertz CT molecular complexity index is 479. The molecule has 0 spiro atoms. The van der Waals surface area contributed by atoms with Crippen LogP contribution in [0.4, 0.5) is 5.13 Å². The first-order chi connectivity index (χ1) is 9.63. The molecule has 1 aromatic heterocycles. The van der Waals surface area contributed by atoms with E-state index in [2.05, 4.69) is 17.2 Å². The van der Waals surface area contributed by atoms with E-state index in [0.29, 0.717) is 24.1 Å². The number of carbonyl (C=O) groups excluding carboxylic acids is 2. The lowest BCUT2D eigenvalue weighted by Gasteiger charge is -2.30. The highest BCUT2D eigenvalue weighted by Crippen LogP contribution is 2.20. The van der Waals surface area contributed by atoms with Crippen LogP contribution in [0, 0.1) is 5.92 Å². The number of nitrogens with one attached hydrogen (secondary N) is 1. The third-order valence-corrected chi connectivity index (χ3v) is 4.61. The molecule has 0 saturated carbocycles. The molecule has 2 heterocycles. The Balaban J connectivity index is 1.87. The topological polar surface area (TPSA) is 62.3 Å². The summed E-state index contributed by atoms with van der Waals surface area (Å²) in [4.78, 5) is 29.9. The lowest BCUT2D eigenvalue weighted by Crippen LogP contribution is -2.44. The first-order valence-corrected chi connectivity index (χ1v) is 8.06. The van der Waals surface area contributed by atoms with Crippen molar-refractivity contribution >= 4 is 28.3 Å². The number of aromatic nitrogens is 1. The molecule has 1 fully saturated rings. The van der Waals surface area contributed by atoms with Gasteiger partial charge in [-0.2, -0.15) is 0 Å². The molecule has 5 nitrogen and oxygen atoms in total. The van der Waals surface area contributed by atoms with Crippen LogP contribution in [-0.4, -0.2) is 34.8 Å². The van der Waals surface area contributed by atoms with Crippen molar-refractivity contribution in [2.45, 2.75) is 39.5 Å². The maximum atomic E-state index is 12.1. The molecule has 0 atom stereocenters. The van der Waals surface area contributed by atoms with Crippen molar-refractivity contribution in [3.63, 3.8) is 0 Å². The standard InChI is InChI=1S/C14H21N3O2S/c1-3-10-5-7-17(8-6-10)13(19)12(18)16-14-15-11(4-2)9-20-14/h9-10H,3-8H2,1-2H3,(H,15,16,18). The van der Waals surface area contributed by atoms with E-state index in [9.17, 15) is 9.59 Å². The van der Waals surface area contributed by atoms with Gasteiger partial charge in [0.15, 0.2) is 5.13 Å². The first-order valence-electron chi connectivity index (χ1n) is 7.18. The van der Waals surface area contributed by atoms with Crippen LogP contribution < -0.4 is 5.32 Å². The number of piperidine rings is 1. The number of hydrogen-bond acceptors (Lipinski definition) is 4. The highest BCUT2D eigenvalue weighted by atomic mass is 32.1. The maximum absolute atomic E-state index is 12.1. The predicted octanol–water partition coefficient (Wildman–Crippen LogP) is 2.29. The average molecular weight is 295 g/mol. The van der Waals surface area contributed by atoms with Gasteiger partial charge in [-0.3, -0.25) is 14.9 Å². The summed E-state index contributed by atoms with van der Waals surface area (Å²) in [5, 5.41) is 5.00. The summed E-state index contributed by atoms with van der Waals surface area (Å²) in [7, 11) is 0. The number of amides is 2. The summed E-state index contributed by atoms with van der Waals surface area (Å²) in [5.74, 6) is -0.321. The predicted molar refractivity (Wildman–Crippen MR) is 79.7 cm³/mol. The number of rotatable bonds is 3. The van der Waals surface area contributed by atoms with E-state index in [-0.39, 0.29) is 0 Å². The van der Waals surface area contributed by atoms with Crippen molar-refractivity contribution in [1.29, 1.82) is 0 Å². The maximum Gasteiger partial charge on any atom is 0.315 e. The van der Waals surface area contributed by atoms with Crippen LogP contribution in [0.2, 0.25) is 0 Å². The Morgan fingerprint density at radius 2 is 2.10 bits per heavy atom. The summed E-state index contributed by atoms with van der Waals surface area (Å²) >= 11 is 1.36. The summed E-state index contributed by atoms with van der Waals surface area (Å²) in [6, 6.07) is 0. The van der Waals surface area contributed by atoms with Crippen molar-refractivity contribution in [3.05, 3.63) is 11.1 Å². The summed E-state index contributed by atoms with van der Waals surface area (Å²) < 4.78 is 0. The molecule has 1 aliphatic heterocycles. The van der Waals surface area contributed by atoms with Crippen LogP contribution in [0.25, 0.3) is 0 Å². The zero-order valence-corrected chi connectivity index (χ0v) is 12.8. The third kappa shape index (κ3) is 3.56. The molecule has 1 aromatic rings. The van der Waals surface area contributed by atoms with Crippen LogP contribution in [0.1, 0.15) is 38.8 Å². The minimum Gasteiger partial charge on any atom is -0.334 e. The van der Waals surface area contributed by atoms with Gasteiger partial charge in [0.2, 0.25) is 0 Å². The first kappa shape index (κ1) is 15.0. The molecule has 6 heteroatoms. The van der Waals surface area contributed by atoms with E-state index in [1.807, 2.05) is 12.3 Å². The van der Waals surface area contributed by atoms with Crippen molar-refractivity contribution < 1.29 is 9.59 Å². The molecule has 1 aliphatic rings. The fourth-order valence-corrected chi connectivity index (χ4v) is 3.15. The average Bonchev–Trinajstić information content (AvgIpc) is 2.94. The van der Waals surface area contributed by atoms with Crippen LogP contribution in [0.5, 0.6) is 0 Å². The van der Waals surface area contributed by atoms with Gasteiger partial charge in [0.1, 0.15) is 0 Å². The fourth-order valence-electron chi connectivity index (χ4n) is 2.37. The van der Waals surface area contributed by atoms with Gasteiger partial charge in [0.25, 0.3) is 0 Å². The molecular weight excluding hydrogens is 274 g/mol. The van der Waals surface area contributed by atoms with E-state index < -0.39 is 11.8 Å². The van der Waals surface area contributed by atoms with Crippen molar-refractivity contribution in [2.75, 3.05) is 18.4 Å². The fraction of sp³-hybridized carbons (Fsp3) is 0.643. The quantitative estimate of drug-likeness (QED) is 0.870. The molecule has 0 unspecified atom stereocenters. The number of likely N-dealkylation sites (tertiary alicyclic amines) is 1. The zero-order chi connectivity index (χ0) is 14.5. The lowest BCUT2D eigenvalue weighted by atomic mass is 9.94. The number of nitrogens with zero attached hydrogens (tertiary/aromatic N) is 2. The monoisotopic (exact) mass is 295 g/mol. The highest BCUT2D eigenvalue weighted by molar-refractivity contribution is 7.14. The van der Waals surface area contributed by atoms with E-state index >= 15 is 0 Å². The van der Waals surface area contributed by atoms with Crippen LogP contribution >= 0.6 is 11.3 Å². The minimum absolute atomic E-state index is 0.437. The zero-order valence-electron chi connectivity index (χ0n) is 12.0. The van der Waals surface area contributed by atoms with Gasteiger partial charge < -0.3 is 4.90 Å². The Hall–Kier alpha value is -1.43. The number of carbonyl (C=O) groups is 2. The molecule has 0 bridgehead atoms. The van der Waals surface area contributed by atoms with E-state index in [4.69, 9.17) is 0 Å². The van der Waals surface area contributed by atoms with Gasteiger partial charge in [-0.15, -0.1) is 11.3 Å². The van der Waals surface area contributed by atoms with E-state index in [1.165, 1.54) is 11.3 Å². The van der Waals surface area contributed by atoms with E-state index in [0.717, 1.165) is 31.4 Å².